The van der Waals surface area contributed by atoms with Crippen LogP contribution in [0.4, 0.5) is 17.6 Å². The second kappa shape index (κ2) is 10.1. The van der Waals surface area contributed by atoms with Crippen LogP contribution in [0.1, 0.15) is 11.1 Å². The lowest BCUT2D eigenvalue weighted by molar-refractivity contribution is -0.123. The number of carbonyl (C=O) groups excluding carboxylic acids is 1. The van der Waals surface area contributed by atoms with Crippen molar-refractivity contribution < 1.29 is 36.6 Å². The van der Waals surface area contributed by atoms with Crippen LogP contribution in [0.25, 0.3) is 0 Å². The van der Waals surface area contributed by atoms with Gasteiger partial charge in [-0.3, -0.25) is 4.79 Å². The number of halogens is 4. The number of rotatable bonds is 9. The van der Waals surface area contributed by atoms with Crippen LogP contribution < -0.4 is 19.6 Å². The molecule has 28 heavy (non-hydrogen) atoms. The average Bonchev–Trinajstić information content (AvgIpc) is 2.61. The standard InChI is InChI=1S/C18H16F4N2O4/c1-11-3-2-4-13(7-11)26-10-16(25)24-23-9-12-5-6-14(27-17(19)20)8-15(12)28-18(21)22/h2-9,17-18H,10H2,1H3,(H,24,25)/b23-9+. The smallest absolute Gasteiger partial charge is 0.387 e. The van der Waals surface area contributed by atoms with Gasteiger partial charge in [-0.25, -0.2) is 5.43 Å². The molecule has 10 heteroatoms. The van der Waals surface area contributed by atoms with E-state index >= 15 is 0 Å². The molecule has 2 rings (SSSR count). The van der Waals surface area contributed by atoms with E-state index in [2.05, 4.69) is 20.0 Å². The Balaban J connectivity index is 1.96. The maximum Gasteiger partial charge on any atom is 0.387 e. The highest BCUT2D eigenvalue weighted by molar-refractivity contribution is 5.85. The molecular formula is C18H16F4N2O4. The van der Waals surface area contributed by atoms with Gasteiger partial charge in [-0.05, 0) is 36.8 Å². The van der Waals surface area contributed by atoms with Crippen LogP contribution in [0.15, 0.2) is 47.6 Å². The molecule has 0 bridgehead atoms. The van der Waals surface area contributed by atoms with E-state index in [4.69, 9.17) is 4.74 Å². The molecule has 0 heterocycles. The van der Waals surface area contributed by atoms with Crippen LogP contribution in [0, 0.1) is 6.92 Å². The van der Waals surface area contributed by atoms with E-state index in [1.54, 1.807) is 18.2 Å². The number of hydrogen-bond donors (Lipinski definition) is 1. The van der Waals surface area contributed by atoms with Gasteiger partial charge in [-0.1, -0.05) is 12.1 Å². The van der Waals surface area contributed by atoms with Crippen LogP contribution in [-0.2, 0) is 4.79 Å². The van der Waals surface area contributed by atoms with E-state index in [0.29, 0.717) is 5.75 Å². The highest BCUT2D eigenvalue weighted by atomic mass is 19.3. The molecule has 0 atom stereocenters. The van der Waals surface area contributed by atoms with Gasteiger partial charge in [0.2, 0.25) is 0 Å². The zero-order valence-electron chi connectivity index (χ0n) is 14.6. The van der Waals surface area contributed by atoms with Crippen molar-refractivity contribution in [3.8, 4) is 17.2 Å². The Morgan fingerprint density at radius 1 is 1.07 bits per heavy atom. The molecule has 0 aliphatic carbocycles. The van der Waals surface area contributed by atoms with E-state index in [1.807, 2.05) is 13.0 Å². The Morgan fingerprint density at radius 3 is 2.50 bits per heavy atom. The van der Waals surface area contributed by atoms with E-state index in [-0.39, 0.29) is 17.9 Å². The number of benzene rings is 2. The number of ether oxygens (including phenoxy) is 3. The van der Waals surface area contributed by atoms with Crippen LogP contribution in [0.5, 0.6) is 17.2 Å². The maximum absolute atomic E-state index is 12.5. The molecule has 0 radical (unpaired) electrons. The molecule has 1 N–H and O–H groups in total. The Morgan fingerprint density at radius 2 is 1.82 bits per heavy atom. The van der Waals surface area contributed by atoms with Crippen molar-refractivity contribution in [2.24, 2.45) is 5.10 Å². The van der Waals surface area contributed by atoms with Crippen molar-refractivity contribution >= 4 is 12.1 Å². The molecule has 0 saturated carbocycles. The van der Waals surface area contributed by atoms with Crippen molar-refractivity contribution in [2.75, 3.05) is 6.61 Å². The molecule has 2 aromatic rings. The molecule has 6 nitrogen and oxygen atoms in total. The summed E-state index contributed by atoms with van der Waals surface area (Å²) < 4.78 is 63.1. The van der Waals surface area contributed by atoms with Crippen LogP contribution in [0.3, 0.4) is 0 Å². The summed E-state index contributed by atoms with van der Waals surface area (Å²) in [5.41, 5.74) is 3.13. The lowest BCUT2D eigenvalue weighted by Crippen LogP contribution is -2.24. The van der Waals surface area contributed by atoms with Crippen molar-refractivity contribution in [3.63, 3.8) is 0 Å². The van der Waals surface area contributed by atoms with Gasteiger partial charge in [0.05, 0.1) is 6.21 Å². The number of nitrogens with one attached hydrogen (secondary N) is 1. The van der Waals surface area contributed by atoms with Gasteiger partial charge in [0.15, 0.2) is 6.61 Å². The molecule has 0 spiro atoms. The number of hydrazone groups is 1. The third-order valence-corrected chi connectivity index (χ3v) is 3.18. The zero-order chi connectivity index (χ0) is 20.5. The normalized spacial score (nSPS) is 11.1. The second-order valence-electron chi connectivity index (χ2n) is 5.36. The SMILES string of the molecule is Cc1cccc(OCC(=O)N/N=C/c2ccc(OC(F)F)cc2OC(F)F)c1. The van der Waals surface area contributed by atoms with Crippen molar-refractivity contribution in [1.82, 2.24) is 5.43 Å². The van der Waals surface area contributed by atoms with Gasteiger partial charge in [0.25, 0.3) is 5.91 Å². The van der Waals surface area contributed by atoms with Crippen LogP contribution in [-0.4, -0.2) is 32.0 Å². The van der Waals surface area contributed by atoms with Crippen LogP contribution in [0.2, 0.25) is 0 Å². The minimum absolute atomic E-state index is 0.0156. The van der Waals surface area contributed by atoms with Crippen molar-refractivity contribution in [1.29, 1.82) is 0 Å². The Bertz CT molecular complexity index is 831. The predicted octanol–water partition coefficient (Wildman–Crippen LogP) is 3.73. The molecule has 0 aromatic heterocycles. The minimum atomic E-state index is -3.19. The number of alkyl halides is 4. The molecule has 0 fully saturated rings. The summed E-state index contributed by atoms with van der Waals surface area (Å²) in [6.45, 7) is -4.76. The minimum Gasteiger partial charge on any atom is -0.484 e. The van der Waals surface area contributed by atoms with Gasteiger partial charge in [0.1, 0.15) is 17.2 Å². The van der Waals surface area contributed by atoms with Gasteiger partial charge >= 0.3 is 13.2 Å². The largest absolute Gasteiger partial charge is 0.484 e. The molecule has 1 amide bonds. The number of amides is 1. The molecule has 0 unspecified atom stereocenters. The number of hydrogen-bond acceptors (Lipinski definition) is 5. The first-order valence-corrected chi connectivity index (χ1v) is 7.88. The van der Waals surface area contributed by atoms with E-state index in [9.17, 15) is 22.4 Å². The fourth-order valence-electron chi connectivity index (χ4n) is 2.06. The molecule has 0 aliphatic heterocycles. The zero-order valence-corrected chi connectivity index (χ0v) is 14.6. The van der Waals surface area contributed by atoms with Gasteiger partial charge in [-0.15, -0.1) is 0 Å². The summed E-state index contributed by atoms with van der Waals surface area (Å²) in [7, 11) is 0. The Kier molecular flexibility index (Phi) is 7.61. The third kappa shape index (κ3) is 7.14. The highest BCUT2D eigenvalue weighted by Crippen LogP contribution is 2.26. The number of nitrogens with zero attached hydrogens (tertiary/aromatic N) is 1. The molecule has 0 saturated heterocycles. The molecule has 2 aromatic carbocycles. The second-order valence-corrected chi connectivity index (χ2v) is 5.36. The van der Waals surface area contributed by atoms with E-state index in [1.165, 1.54) is 6.07 Å². The van der Waals surface area contributed by atoms with Crippen molar-refractivity contribution in [2.45, 2.75) is 20.1 Å². The molecular weight excluding hydrogens is 384 g/mol. The number of carbonyl (C=O) groups is 1. The molecule has 0 aliphatic rings. The molecule has 150 valence electrons. The topological polar surface area (TPSA) is 69.2 Å². The highest BCUT2D eigenvalue weighted by Gasteiger charge is 2.12. The average molecular weight is 400 g/mol. The van der Waals surface area contributed by atoms with E-state index in [0.717, 1.165) is 23.9 Å². The van der Waals surface area contributed by atoms with Gasteiger partial charge in [-0.2, -0.15) is 22.7 Å². The summed E-state index contributed by atoms with van der Waals surface area (Å²) in [5.74, 6) is -0.895. The predicted molar refractivity (Wildman–Crippen MR) is 92.1 cm³/mol. The summed E-state index contributed by atoms with van der Waals surface area (Å²) in [4.78, 5) is 11.7. The fraction of sp³-hybridized carbons (Fsp3) is 0.222. The Hall–Kier alpha value is -3.30. The lowest BCUT2D eigenvalue weighted by Gasteiger charge is -2.10. The quantitative estimate of drug-likeness (QED) is 0.396. The first kappa shape index (κ1) is 21.0. The first-order valence-electron chi connectivity index (χ1n) is 7.88. The van der Waals surface area contributed by atoms with E-state index < -0.39 is 24.9 Å². The van der Waals surface area contributed by atoms with Gasteiger partial charge in [0, 0.05) is 11.6 Å². The first-order chi connectivity index (χ1) is 13.3. The number of aryl methyl sites for hydroxylation is 1. The van der Waals surface area contributed by atoms with Crippen LogP contribution >= 0.6 is 0 Å². The third-order valence-electron chi connectivity index (χ3n) is 3.18. The van der Waals surface area contributed by atoms with Crippen molar-refractivity contribution in [3.05, 3.63) is 53.6 Å². The Labute approximate surface area is 157 Å². The monoisotopic (exact) mass is 400 g/mol. The summed E-state index contributed by atoms with van der Waals surface area (Å²) in [6.07, 6.45) is 1.02. The summed E-state index contributed by atoms with van der Waals surface area (Å²) in [5, 5.41) is 3.61. The maximum atomic E-state index is 12.5. The summed E-state index contributed by atoms with van der Waals surface area (Å²) in [6, 6.07) is 10.2. The van der Waals surface area contributed by atoms with Gasteiger partial charge < -0.3 is 14.2 Å². The lowest BCUT2D eigenvalue weighted by atomic mass is 10.2. The summed E-state index contributed by atoms with van der Waals surface area (Å²) >= 11 is 0. The fourth-order valence-corrected chi connectivity index (χ4v) is 2.06.